The van der Waals surface area contributed by atoms with Crippen LogP contribution in [0.5, 0.6) is 0 Å². The second-order valence-electron chi connectivity index (χ2n) is 6.40. The van der Waals surface area contributed by atoms with Crippen molar-refractivity contribution in [2.45, 2.75) is 19.8 Å². The van der Waals surface area contributed by atoms with Crippen LogP contribution in [-0.4, -0.2) is 29.3 Å². The van der Waals surface area contributed by atoms with Gasteiger partial charge >= 0.3 is 5.97 Å². The van der Waals surface area contributed by atoms with Crippen molar-refractivity contribution in [3.8, 4) is 11.3 Å². The molecule has 1 aromatic heterocycles. The first kappa shape index (κ1) is 20.4. The maximum Gasteiger partial charge on any atom is 0.306 e. The molecule has 0 saturated carbocycles. The maximum atomic E-state index is 12.0. The predicted octanol–water partition coefficient (Wildman–Crippen LogP) is 4.26. The van der Waals surface area contributed by atoms with Crippen molar-refractivity contribution < 1.29 is 19.1 Å². The molecule has 0 unspecified atom stereocenters. The van der Waals surface area contributed by atoms with Gasteiger partial charge < -0.3 is 4.74 Å². The largest absolute Gasteiger partial charge is 0.456 e. The van der Waals surface area contributed by atoms with Gasteiger partial charge in [0, 0.05) is 22.9 Å². The number of rotatable bonds is 8. The highest BCUT2D eigenvalue weighted by Gasteiger charge is 2.13. The summed E-state index contributed by atoms with van der Waals surface area (Å²) in [6.45, 7) is 1.59. The minimum absolute atomic E-state index is 0.0385. The molecule has 6 nitrogen and oxygen atoms in total. The Morgan fingerprint density at radius 3 is 2.45 bits per heavy atom. The molecular formula is C22H20N2O4S. The van der Waals surface area contributed by atoms with Gasteiger partial charge in [0.05, 0.1) is 12.1 Å². The number of thiazole rings is 1. The molecule has 0 saturated heterocycles. The Labute approximate surface area is 172 Å². The Bertz CT molecular complexity index is 997. The molecule has 29 heavy (non-hydrogen) atoms. The van der Waals surface area contributed by atoms with E-state index in [0.717, 1.165) is 16.8 Å². The van der Waals surface area contributed by atoms with Gasteiger partial charge in [-0.1, -0.05) is 60.2 Å². The fourth-order valence-corrected chi connectivity index (χ4v) is 3.28. The number of esters is 1. The molecule has 7 heteroatoms. The number of hydrogen-bond acceptors (Lipinski definition) is 6. The van der Waals surface area contributed by atoms with E-state index in [1.165, 1.54) is 11.3 Å². The van der Waals surface area contributed by atoms with E-state index in [2.05, 4.69) is 10.3 Å². The molecule has 0 aliphatic heterocycles. The lowest BCUT2D eigenvalue weighted by Crippen LogP contribution is -2.21. The Hall–Kier alpha value is -3.32. The normalized spacial score (nSPS) is 10.4. The summed E-state index contributed by atoms with van der Waals surface area (Å²) in [5.41, 5.74) is 3.43. The lowest BCUT2D eigenvalue weighted by Gasteiger charge is -2.05. The van der Waals surface area contributed by atoms with E-state index in [1.807, 2.05) is 42.6 Å². The molecular weight excluding hydrogens is 388 g/mol. The van der Waals surface area contributed by atoms with E-state index in [-0.39, 0.29) is 18.6 Å². The fourth-order valence-electron chi connectivity index (χ4n) is 2.55. The Balaban J connectivity index is 1.42. The number of carbonyl (C=O) groups is 3. The molecule has 0 aliphatic rings. The molecule has 0 bridgehead atoms. The summed E-state index contributed by atoms with van der Waals surface area (Å²) >= 11 is 1.29. The molecule has 2 aromatic carbocycles. The van der Waals surface area contributed by atoms with Crippen molar-refractivity contribution in [2.24, 2.45) is 0 Å². The van der Waals surface area contributed by atoms with Crippen molar-refractivity contribution in [2.75, 3.05) is 11.9 Å². The van der Waals surface area contributed by atoms with E-state index in [4.69, 9.17) is 4.74 Å². The van der Waals surface area contributed by atoms with Crippen LogP contribution in [0.15, 0.2) is 60.0 Å². The molecule has 148 valence electrons. The molecule has 0 fully saturated rings. The number of Topliss-reactive ketones (excluding diaryl/α,β-unsaturated/α-hetero) is 1. The van der Waals surface area contributed by atoms with E-state index < -0.39 is 18.5 Å². The van der Waals surface area contributed by atoms with Crippen molar-refractivity contribution >= 4 is 34.1 Å². The topological polar surface area (TPSA) is 85.4 Å². The molecule has 1 heterocycles. The monoisotopic (exact) mass is 408 g/mol. The number of anilines is 1. The first-order valence-corrected chi connectivity index (χ1v) is 9.95. The third kappa shape index (κ3) is 6.08. The summed E-state index contributed by atoms with van der Waals surface area (Å²) in [5.74, 6) is -1.21. The second kappa shape index (κ2) is 9.75. The number of carbonyl (C=O) groups excluding carboxylic acids is 3. The summed E-state index contributed by atoms with van der Waals surface area (Å²) in [6.07, 6.45) is -0.0350. The number of aryl methyl sites for hydroxylation is 1. The molecule has 0 aliphatic carbocycles. The predicted molar refractivity (Wildman–Crippen MR) is 112 cm³/mol. The SMILES string of the molecule is Cc1ccc(-c2csc(NC(=O)COC(=O)CCC(=O)c3ccccc3)n2)cc1. The molecule has 3 rings (SSSR count). The number of nitrogens with one attached hydrogen (secondary N) is 1. The van der Waals surface area contributed by atoms with E-state index in [0.29, 0.717) is 10.7 Å². The minimum atomic E-state index is -0.594. The Morgan fingerprint density at radius 1 is 1.00 bits per heavy atom. The Kier molecular flexibility index (Phi) is 6.86. The molecule has 0 radical (unpaired) electrons. The third-order valence-corrected chi connectivity index (χ3v) is 4.87. The van der Waals surface area contributed by atoms with E-state index >= 15 is 0 Å². The summed E-state index contributed by atoms with van der Waals surface area (Å²) < 4.78 is 4.94. The molecule has 1 amide bonds. The highest BCUT2D eigenvalue weighted by Crippen LogP contribution is 2.25. The van der Waals surface area contributed by atoms with E-state index in [1.54, 1.807) is 24.3 Å². The van der Waals surface area contributed by atoms with Gasteiger partial charge in [-0.15, -0.1) is 11.3 Å². The number of nitrogens with zero attached hydrogens (tertiary/aromatic N) is 1. The van der Waals surface area contributed by atoms with Crippen LogP contribution < -0.4 is 5.32 Å². The zero-order valence-electron chi connectivity index (χ0n) is 15.9. The number of ether oxygens (including phenoxy) is 1. The van der Waals surface area contributed by atoms with E-state index in [9.17, 15) is 14.4 Å². The second-order valence-corrected chi connectivity index (χ2v) is 7.26. The smallest absolute Gasteiger partial charge is 0.306 e. The lowest BCUT2D eigenvalue weighted by molar-refractivity contribution is -0.147. The van der Waals surface area contributed by atoms with Gasteiger partial charge in [0.2, 0.25) is 0 Å². The molecule has 0 spiro atoms. The maximum absolute atomic E-state index is 12.0. The summed E-state index contributed by atoms with van der Waals surface area (Å²) in [6, 6.07) is 16.7. The van der Waals surface area contributed by atoms with Gasteiger partial charge in [-0.2, -0.15) is 0 Å². The van der Waals surface area contributed by atoms with Crippen LogP contribution in [0.3, 0.4) is 0 Å². The van der Waals surface area contributed by atoms with Crippen LogP contribution in [0.4, 0.5) is 5.13 Å². The number of ketones is 1. The average Bonchev–Trinajstić information content (AvgIpc) is 3.20. The molecule has 1 N–H and O–H groups in total. The van der Waals surface area contributed by atoms with Crippen molar-refractivity contribution in [3.05, 3.63) is 71.1 Å². The quantitative estimate of drug-likeness (QED) is 0.445. The van der Waals surface area contributed by atoms with Crippen molar-refractivity contribution in [1.29, 1.82) is 0 Å². The average molecular weight is 408 g/mol. The third-order valence-electron chi connectivity index (χ3n) is 4.11. The molecule has 3 aromatic rings. The van der Waals surface area contributed by atoms with Gasteiger partial charge in [-0.3, -0.25) is 19.7 Å². The highest BCUT2D eigenvalue weighted by atomic mass is 32.1. The number of benzene rings is 2. The van der Waals surface area contributed by atoms with Crippen LogP contribution in [0.1, 0.15) is 28.8 Å². The van der Waals surface area contributed by atoms with Gasteiger partial charge in [-0.25, -0.2) is 4.98 Å². The van der Waals surface area contributed by atoms with Gasteiger partial charge in [0.15, 0.2) is 17.5 Å². The zero-order valence-corrected chi connectivity index (χ0v) is 16.7. The van der Waals surface area contributed by atoms with Crippen LogP contribution in [-0.2, 0) is 14.3 Å². The lowest BCUT2D eigenvalue weighted by atomic mass is 10.1. The van der Waals surface area contributed by atoms with Crippen molar-refractivity contribution in [3.63, 3.8) is 0 Å². The van der Waals surface area contributed by atoms with Crippen LogP contribution >= 0.6 is 11.3 Å². The molecule has 0 atom stereocenters. The number of amides is 1. The summed E-state index contributed by atoms with van der Waals surface area (Å²) in [4.78, 5) is 40.1. The van der Waals surface area contributed by atoms with Crippen LogP contribution in [0, 0.1) is 6.92 Å². The summed E-state index contributed by atoms with van der Waals surface area (Å²) in [5, 5.41) is 4.89. The van der Waals surface area contributed by atoms with Crippen molar-refractivity contribution in [1.82, 2.24) is 4.98 Å². The first-order chi connectivity index (χ1) is 14.0. The van der Waals surface area contributed by atoms with Gasteiger partial charge in [-0.05, 0) is 6.92 Å². The zero-order chi connectivity index (χ0) is 20.6. The summed E-state index contributed by atoms with van der Waals surface area (Å²) in [7, 11) is 0. The number of hydrogen-bond donors (Lipinski definition) is 1. The Morgan fingerprint density at radius 2 is 1.72 bits per heavy atom. The first-order valence-electron chi connectivity index (χ1n) is 9.07. The minimum Gasteiger partial charge on any atom is -0.456 e. The highest BCUT2D eigenvalue weighted by molar-refractivity contribution is 7.14. The van der Waals surface area contributed by atoms with Gasteiger partial charge in [0.1, 0.15) is 0 Å². The fraction of sp³-hybridized carbons (Fsp3) is 0.182. The van der Waals surface area contributed by atoms with Crippen LogP contribution in [0.2, 0.25) is 0 Å². The standard InChI is InChI=1S/C22H20N2O4S/c1-15-7-9-16(10-8-15)18-14-29-22(23-18)24-20(26)13-28-21(27)12-11-19(25)17-5-3-2-4-6-17/h2-10,14H,11-13H2,1H3,(H,23,24,26). The van der Waals surface area contributed by atoms with Gasteiger partial charge in [0.25, 0.3) is 5.91 Å². The van der Waals surface area contributed by atoms with Crippen LogP contribution in [0.25, 0.3) is 11.3 Å². The number of aromatic nitrogens is 1.